The Morgan fingerprint density at radius 2 is 2.50 bits per heavy atom. The minimum absolute atomic E-state index is 0.00421. The number of carbonyl (C=O) groups excluding carboxylic acids is 2. The predicted molar refractivity (Wildman–Crippen MR) is 33.4 cm³/mol. The number of Topliss-reactive ketones (excluding diaryl/α,β-unsaturated/α-hetero) is 1. The van der Waals surface area contributed by atoms with Gasteiger partial charge in [-0.3, -0.25) is 9.59 Å². The van der Waals surface area contributed by atoms with E-state index in [0.29, 0.717) is 6.54 Å². The van der Waals surface area contributed by atoms with Crippen molar-refractivity contribution in [1.29, 1.82) is 0 Å². The molecule has 4 nitrogen and oxygen atoms in total. The standard InChI is InChI=1S/C6H9NO3/c1-4(8)5-2-7-6(9)3-10-5/h5H,2-3H2,1H3,(H,7,9). The summed E-state index contributed by atoms with van der Waals surface area (Å²) in [6.07, 6.45) is -0.433. The van der Waals surface area contributed by atoms with Crippen molar-refractivity contribution >= 4 is 11.7 Å². The lowest BCUT2D eigenvalue weighted by Crippen LogP contribution is -2.45. The van der Waals surface area contributed by atoms with Crippen LogP contribution in [-0.4, -0.2) is 30.9 Å². The highest BCUT2D eigenvalue weighted by Crippen LogP contribution is 1.96. The summed E-state index contributed by atoms with van der Waals surface area (Å²) < 4.78 is 4.89. The van der Waals surface area contributed by atoms with Crippen molar-refractivity contribution in [3.8, 4) is 0 Å². The molecule has 1 rings (SSSR count). The summed E-state index contributed by atoms with van der Waals surface area (Å²) in [6.45, 7) is 1.76. The Hall–Kier alpha value is -0.900. The molecule has 1 aliphatic rings. The number of morpholine rings is 1. The Balaban J connectivity index is 2.40. The lowest BCUT2D eigenvalue weighted by Gasteiger charge is -2.20. The van der Waals surface area contributed by atoms with Crippen LogP contribution in [0.2, 0.25) is 0 Å². The van der Waals surface area contributed by atoms with Crippen LogP contribution in [0, 0.1) is 0 Å². The molecule has 10 heavy (non-hydrogen) atoms. The number of ketones is 1. The fourth-order valence-electron chi connectivity index (χ4n) is 0.754. The van der Waals surface area contributed by atoms with Crippen molar-refractivity contribution in [2.45, 2.75) is 13.0 Å². The Bertz CT molecular complexity index is 156. The summed E-state index contributed by atoms with van der Waals surface area (Å²) in [5, 5.41) is 2.53. The number of hydrogen-bond acceptors (Lipinski definition) is 3. The normalized spacial score (nSPS) is 25.7. The first-order valence-electron chi connectivity index (χ1n) is 3.09. The van der Waals surface area contributed by atoms with E-state index in [1.165, 1.54) is 6.92 Å². The highest BCUT2D eigenvalue weighted by Gasteiger charge is 2.21. The van der Waals surface area contributed by atoms with E-state index in [4.69, 9.17) is 4.74 Å². The van der Waals surface area contributed by atoms with Crippen LogP contribution in [0.5, 0.6) is 0 Å². The molecular formula is C6H9NO3. The molecule has 4 heteroatoms. The summed E-state index contributed by atoms with van der Waals surface area (Å²) >= 11 is 0. The predicted octanol–water partition coefficient (Wildman–Crippen LogP) is -0.910. The SMILES string of the molecule is CC(=O)C1CNC(=O)CO1. The topological polar surface area (TPSA) is 55.4 Å². The minimum atomic E-state index is -0.433. The average molecular weight is 143 g/mol. The molecule has 0 bridgehead atoms. The molecule has 0 aromatic carbocycles. The Labute approximate surface area is 58.5 Å². The third-order valence-electron chi connectivity index (χ3n) is 1.35. The van der Waals surface area contributed by atoms with Gasteiger partial charge in [0.1, 0.15) is 12.7 Å². The Kier molecular flexibility index (Phi) is 2.01. The van der Waals surface area contributed by atoms with Crippen molar-refractivity contribution in [3.63, 3.8) is 0 Å². The van der Waals surface area contributed by atoms with E-state index < -0.39 is 6.10 Å². The minimum Gasteiger partial charge on any atom is -0.359 e. The second-order valence-electron chi connectivity index (χ2n) is 2.21. The molecule has 1 saturated heterocycles. The van der Waals surface area contributed by atoms with Crippen molar-refractivity contribution in [1.82, 2.24) is 5.32 Å². The number of carbonyl (C=O) groups is 2. The van der Waals surface area contributed by atoms with Gasteiger partial charge in [-0.1, -0.05) is 0 Å². The maximum Gasteiger partial charge on any atom is 0.246 e. The van der Waals surface area contributed by atoms with Gasteiger partial charge < -0.3 is 10.1 Å². The molecule has 1 N–H and O–H groups in total. The first-order chi connectivity index (χ1) is 4.70. The van der Waals surface area contributed by atoms with Crippen LogP contribution in [0.1, 0.15) is 6.92 Å². The molecule has 1 unspecified atom stereocenters. The Morgan fingerprint density at radius 3 is 2.90 bits per heavy atom. The summed E-state index contributed by atoms with van der Waals surface area (Å²) in [5.41, 5.74) is 0. The third kappa shape index (κ3) is 1.54. The fourth-order valence-corrected chi connectivity index (χ4v) is 0.754. The van der Waals surface area contributed by atoms with Gasteiger partial charge >= 0.3 is 0 Å². The zero-order valence-electron chi connectivity index (χ0n) is 5.72. The van der Waals surface area contributed by atoms with E-state index in [-0.39, 0.29) is 18.3 Å². The van der Waals surface area contributed by atoms with E-state index >= 15 is 0 Å². The zero-order chi connectivity index (χ0) is 7.56. The molecule has 0 aromatic rings. The summed E-state index contributed by atoms with van der Waals surface area (Å²) in [6, 6.07) is 0. The van der Waals surface area contributed by atoms with E-state index in [9.17, 15) is 9.59 Å². The van der Waals surface area contributed by atoms with Gasteiger partial charge in [-0.05, 0) is 6.92 Å². The van der Waals surface area contributed by atoms with Crippen LogP contribution < -0.4 is 5.32 Å². The highest BCUT2D eigenvalue weighted by atomic mass is 16.5. The van der Waals surface area contributed by atoms with Gasteiger partial charge in [-0.25, -0.2) is 0 Å². The summed E-state index contributed by atoms with van der Waals surface area (Å²) in [5.74, 6) is -0.197. The molecule has 1 heterocycles. The Morgan fingerprint density at radius 1 is 1.80 bits per heavy atom. The number of ether oxygens (including phenoxy) is 1. The molecular weight excluding hydrogens is 134 g/mol. The molecule has 1 aliphatic heterocycles. The van der Waals surface area contributed by atoms with E-state index in [0.717, 1.165) is 0 Å². The molecule has 1 atom stereocenters. The average Bonchev–Trinajstić information content (AvgIpc) is 1.88. The fraction of sp³-hybridized carbons (Fsp3) is 0.667. The summed E-state index contributed by atoms with van der Waals surface area (Å²) in [4.78, 5) is 21.1. The van der Waals surface area contributed by atoms with Crippen LogP contribution in [0.25, 0.3) is 0 Å². The number of amides is 1. The molecule has 56 valence electrons. The van der Waals surface area contributed by atoms with Crippen LogP contribution >= 0.6 is 0 Å². The van der Waals surface area contributed by atoms with Crippen LogP contribution in [-0.2, 0) is 14.3 Å². The molecule has 0 spiro atoms. The van der Waals surface area contributed by atoms with Gasteiger partial charge in [0.2, 0.25) is 5.91 Å². The monoisotopic (exact) mass is 143 g/mol. The second kappa shape index (κ2) is 2.79. The van der Waals surface area contributed by atoms with Crippen molar-refractivity contribution < 1.29 is 14.3 Å². The molecule has 1 amide bonds. The maximum absolute atomic E-state index is 10.6. The smallest absolute Gasteiger partial charge is 0.246 e. The molecule has 0 saturated carbocycles. The first kappa shape index (κ1) is 7.21. The quantitative estimate of drug-likeness (QED) is 0.517. The number of hydrogen-bond donors (Lipinski definition) is 1. The third-order valence-corrected chi connectivity index (χ3v) is 1.35. The van der Waals surface area contributed by atoms with Crippen LogP contribution in [0.15, 0.2) is 0 Å². The first-order valence-corrected chi connectivity index (χ1v) is 3.09. The maximum atomic E-state index is 10.6. The van der Waals surface area contributed by atoms with Gasteiger partial charge in [0.15, 0.2) is 5.78 Å². The van der Waals surface area contributed by atoms with E-state index in [1.807, 2.05) is 0 Å². The zero-order valence-corrected chi connectivity index (χ0v) is 5.72. The number of rotatable bonds is 1. The molecule has 0 aromatic heterocycles. The van der Waals surface area contributed by atoms with Gasteiger partial charge in [-0.15, -0.1) is 0 Å². The lowest BCUT2D eigenvalue weighted by atomic mass is 10.2. The van der Waals surface area contributed by atoms with Gasteiger partial charge in [0, 0.05) is 0 Å². The van der Waals surface area contributed by atoms with Crippen molar-refractivity contribution in [3.05, 3.63) is 0 Å². The summed E-state index contributed by atoms with van der Waals surface area (Å²) in [7, 11) is 0. The van der Waals surface area contributed by atoms with E-state index in [2.05, 4.69) is 5.32 Å². The van der Waals surface area contributed by atoms with Crippen molar-refractivity contribution in [2.24, 2.45) is 0 Å². The van der Waals surface area contributed by atoms with Crippen LogP contribution in [0.4, 0.5) is 0 Å². The van der Waals surface area contributed by atoms with Crippen molar-refractivity contribution in [2.75, 3.05) is 13.2 Å². The van der Waals surface area contributed by atoms with E-state index in [1.54, 1.807) is 0 Å². The van der Waals surface area contributed by atoms with Gasteiger partial charge in [-0.2, -0.15) is 0 Å². The molecule has 0 aliphatic carbocycles. The van der Waals surface area contributed by atoms with Gasteiger partial charge in [0.25, 0.3) is 0 Å². The molecule has 0 radical (unpaired) electrons. The molecule has 1 fully saturated rings. The second-order valence-corrected chi connectivity index (χ2v) is 2.21. The van der Waals surface area contributed by atoms with Gasteiger partial charge in [0.05, 0.1) is 6.54 Å². The van der Waals surface area contributed by atoms with Crippen LogP contribution in [0.3, 0.4) is 0 Å². The largest absolute Gasteiger partial charge is 0.359 e. The number of nitrogens with one attached hydrogen (secondary N) is 1. The highest BCUT2D eigenvalue weighted by molar-refractivity contribution is 5.84. The lowest BCUT2D eigenvalue weighted by molar-refractivity contribution is -0.140.